The predicted octanol–water partition coefficient (Wildman–Crippen LogP) is 2.48. The molecular formula is C16H26N2O. The van der Waals surface area contributed by atoms with Crippen LogP contribution in [0.1, 0.15) is 37.3 Å². The second-order valence-corrected chi connectivity index (χ2v) is 5.43. The van der Waals surface area contributed by atoms with Gasteiger partial charge in [0.05, 0.1) is 0 Å². The highest BCUT2D eigenvalue weighted by Gasteiger charge is 2.20. The molecular weight excluding hydrogens is 236 g/mol. The molecule has 106 valence electrons. The third-order valence-corrected chi connectivity index (χ3v) is 3.55. The van der Waals surface area contributed by atoms with Crippen molar-refractivity contribution in [1.29, 1.82) is 0 Å². The number of hydrogen-bond acceptors (Lipinski definition) is 3. The molecule has 3 nitrogen and oxygen atoms in total. The predicted molar refractivity (Wildman–Crippen MR) is 79.0 cm³/mol. The molecule has 0 spiro atoms. The molecule has 1 aliphatic rings. The highest BCUT2D eigenvalue weighted by Crippen LogP contribution is 2.28. The maximum atomic E-state index is 6.13. The van der Waals surface area contributed by atoms with Crippen LogP contribution in [0.2, 0.25) is 0 Å². The quantitative estimate of drug-likeness (QED) is 0.637. The Morgan fingerprint density at radius 1 is 1.21 bits per heavy atom. The first-order valence-electron chi connectivity index (χ1n) is 7.45. The van der Waals surface area contributed by atoms with Crippen LogP contribution in [0.25, 0.3) is 0 Å². The number of benzene rings is 1. The standard InChI is InChI=1S/C16H26N2O/c17-16(15-5-2-1-3-6-15)9-11-18-10-4-12-19-13-14-7-8-14/h1-3,5-6,14,16,18H,4,7-13,17H2. The van der Waals surface area contributed by atoms with Crippen LogP contribution in [0.3, 0.4) is 0 Å². The third-order valence-electron chi connectivity index (χ3n) is 3.55. The van der Waals surface area contributed by atoms with Crippen LogP contribution in [-0.4, -0.2) is 26.3 Å². The highest BCUT2D eigenvalue weighted by atomic mass is 16.5. The molecule has 1 atom stereocenters. The fraction of sp³-hybridized carbons (Fsp3) is 0.625. The van der Waals surface area contributed by atoms with Crippen LogP contribution < -0.4 is 11.1 Å². The molecule has 1 fully saturated rings. The minimum Gasteiger partial charge on any atom is -0.381 e. The SMILES string of the molecule is NC(CCNCCCOCC1CC1)c1ccccc1. The van der Waals surface area contributed by atoms with Crippen molar-refractivity contribution in [2.75, 3.05) is 26.3 Å². The molecule has 0 bridgehead atoms. The zero-order chi connectivity index (χ0) is 13.3. The molecule has 1 aromatic rings. The molecule has 0 aromatic heterocycles. The van der Waals surface area contributed by atoms with Gasteiger partial charge in [-0.2, -0.15) is 0 Å². The van der Waals surface area contributed by atoms with Crippen molar-refractivity contribution in [3.8, 4) is 0 Å². The second-order valence-electron chi connectivity index (χ2n) is 5.43. The van der Waals surface area contributed by atoms with Gasteiger partial charge in [-0.25, -0.2) is 0 Å². The summed E-state index contributed by atoms with van der Waals surface area (Å²) in [6.07, 6.45) is 4.81. The van der Waals surface area contributed by atoms with E-state index in [1.807, 2.05) is 18.2 Å². The van der Waals surface area contributed by atoms with E-state index in [2.05, 4.69) is 17.4 Å². The van der Waals surface area contributed by atoms with Gasteiger partial charge in [0.15, 0.2) is 0 Å². The Morgan fingerprint density at radius 2 is 2.00 bits per heavy atom. The van der Waals surface area contributed by atoms with Crippen LogP contribution >= 0.6 is 0 Å². The van der Waals surface area contributed by atoms with E-state index in [4.69, 9.17) is 10.5 Å². The molecule has 0 amide bonds. The largest absolute Gasteiger partial charge is 0.381 e. The van der Waals surface area contributed by atoms with E-state index in [9.17, 15) is 0 Å². The molecule has 1 saturated carbocycles. The van der Waals surface area contributed by atoms with Gasteiger partial charge in [0.1, 0.15) is 0 Å². The third kappa shape index (κ3) is 6.19. The minimum atomic E-state index is 0.139. The highest BCUT2D eigenvalue weighted by molar-refractivity contribution is 5.18. The van der Waals surface area contributed by atoms with Crippen molar-refractivity contribution in [2.45, 2.75) is 31.7 Å². The van der Waals surface area contributed by atoms with E-state index in [0.717, 1.165) is 45.1 Å². The lowest BCUT2D eigenvalue weighted by molar-refractivity contribution is 0.122. The monoisotopic (exact) mass is 262 g/mol. The van der Waals surface area contributed by atoms with Gasteiger partial charge < -0.3 is 15.8 Å². The van der Waals surface area contributed by atoms with Gasteiger partial charge in [0, 0.05) is 19.3 Å². The molecule has 3 heteroatoms. The summed E-state index contributed by atoms with van der Waals surface area (Å²) in [5.41, 5.74) is 7.35. The lowest BCUT2D eigenvalue weighted by atomic mass is 10.1. The summed E-state index contributed by atoms with van der Waals surface area (Å²) in [7, 11) is 0. The maximum absolute atomic E-state index is 6.13. The summed E-state index contributed by atoms with van der Waals surface area (Å²) in [5.74, 6) is 0.872. The zero-order valence-corrected chi connectivity index (χ0v) is 11.7. The molecule has 19 heavy (non-hydrogen) atoms. The van der Waals surface area contributed by atoms with E-state index in [1.54, 1.807) is 0 Å². The van der Waals surface area contributed by atoms with Gasteiger partial charge >= 0.3 is 0 Å². The number of nitrogens with one attached hydrogen (secondary N) is 1. The lowest BCUT2D eigenvalue weighted by Crippen LogP contribution is -2.22. The van der Waals surface area contributed by atoms with E-state index in [-0.39, 0.29) is 6.04 Å². The molecule has 1 aliphatic carbocycles. The van der Waals surface area contributed by atoms with Gasteiger partial charge in [-0.1, -0.05) is 30.3 Å². The van der Waals surface area contributed by atoms with E-state index >= 15 is 0 Å². The molecule has 0 heterocycles. The molecule has 2 rings (SSSR count). The average molecular weight is 262 g/mol. The van der Waals surface area contributed by atoms with Crippen LogP contribution in [-0.2, 0) is 4.74 Å². The summed E-state index contributed by atoms with van der Waals surface area (Å²) < 4.78 is 5.59. The first-order valence-corrected chi connectivity index (χ1v) is 7.45. The Bertz CT molecular complexity index is 338. The number of rotatable bonds is 10. The van der Waals surface area contributed by atoms with Crippen molar-refractivity contribution in [3.05, 3.63) is 35.9 Å². The van der Waals surface area contributed by atoms with Gasteiger partial charge in [-0.15, -0.1) is 0 Å². The molecule has 3 N–H and O–H groups in total. The Morgan fingerprint density at radius 3 is 2.74 bits per heavy atom. The number of nitrogens with two attached hydrogens (primary N) is 1. The number of hydrogen-bond donors (Lipinski definition) is 2. The second kappa shape index (κ2) is 8.31. The average Bonchev–Trinajstić information content (AvgIpc) is 3.26. The lowest BCUT2D eigenvalue weighted by Gasteiger charge is -2.12. The molecule has 0 saturated heterocycles. The molecule has 0 radical (unpaired) electrons. The molecule has 1 aromatic carbocycles. The van der Waals surface area contributed by atoms with E-state index < -0.39 is 0 Å². The summed E-state index contributed by atoms with van der Waals surface area (Å²) in [6.45, 7) is 3.85. The van der Waals surface area contributed by atoms with Gasteiger partial charge in [0.2, 0.25) is 0 Å². The minimum absolute atomic E-state index is 0.139. The van der Waals surface area contributed by atoms with Crippen LogP contribution in [0, 0.1) is 5.92 Å². The Kier molecular flexibility index (Phi) is 6.34. The van der Waals surface area contributed by atoms with Crippen molar-refractivity contribution in [3.63, 3.8) is 0 Å². The van der Waals surface area contributed by atoms with E-state index in [1.165, 1.54) is 18.4 Å². The summed E-state index contributed by atoms with van der Waals surface area (Å²) in [4.78, 5) is 0. The molecule has 0 aliphatic heterocycles. The Labute approximate surface area is 116 Å². The smallest absolute Gasteiger partial charge is 0.0494 e. The fourth-order valence-corrected chi connectivity index (χ4v) is 2.08. The first kappa shape index (κ1) is 14.5. The van der Waals surface area contributed by atoms with Crippen molar-refractivity contribution in [1.82, 2.24) is 5.32 Å². The Balaban J connectivity index is 1.43. The zero-order valence-electron chi connectivity index (χ0n) is 11.7. The topological polar surface area (TPSA) is 47.3 Å². The van der Waals surface area contributed by atoms with Crippen molar-refractivity contribution < 1.29 is 4.74 Å². The van der Waals surface area contributed by atoms with Gasteiger partial charge in [-0.3, -0.25) is 0 Å². The maximum Gasteiger partial charge on any atom is 0.0494 e. The summed E-state index contributed by atoms with van der Waals surface area (Å²) in [6, 6.07) is 10.4. The van der Waals surface area contributed by atoms with Crippen LogP contribution in [0.15, 0.2) is 30.3 Å². The Hall–Kier alpha value is -0.900. The van der Waals surface area contributed by atoms with Crippen LogP contribution in [0.5, 0.6) is 0 Å². The van der Waals surface area contributed by atoms with Crippen LogP contribution in [0.4, 0.5) is 0 Å². The summed E-state index contributed by atoms with van der Waals surface area (Å²) in [5, 5.41) is 3.43. The summed E-state index contributed by atoms with van der Waals surface area (Å²) >= 11 is 0. The first-order chi connectivity index (χ1) is 9.36. The fourth-order valence-electron chi connectivity index (χ4n) is 2.08. The molecule has 1 unspecified atom stereocenters. The van der Waals surface area contributed by atoms with Gasteiger partial charge in [-0.05, 0) is 50.3 Å². The van der Waals surface area contributed by atoms with Crippen molar-refractivity contribution in [2.24, 2.45) is 11.7 Å². The normalized spacial score (nSPS) is 16.5. The van der Waals surface area contributed by atoms with E-state index in [0.29, 0.717) is 0 Å². The number of ether oxygens (including phenoxy) is 1. The van der Waals surface area contributed by atoms with Gasteiger partial charge in [0.25, 0.3) is 0 Å². The van der Waals surface area contributed by atoms with Crippen molar-refractivity contribution >= 4 is 0 Å².